The van der Waals surface area contributed by atoms with Crippen LogP contribution >= 0.6 is 0 Å². The fraction of sp³-hybridized carbons (Fsp3) is 0.125. The molecule has 5 rings (SSSR count). The Morgan fingerprint density at radius 2 is 1.75 bits per heavy atom. The van der Waals surface area contributed by atoms with Crippen molar-refractivity contribution in [2.24, 2.45) is 0 Å². The Morgan fingerprint density at radius 3 is 2.59 bits per heavy atom. The van der Waals surface area contributed by atoms with Crippen molar-refractivity contribution in [2.75, 3.05) is 11.9 Å². The van der Waals surface area contributed by atoms with Crippen LogP contribution in [-0.2, 0) is 4.79 Å². The topological polar surface area (TPSA) is 102 Å². The van der Waals surface area contributed by atoms with Crippen molar-refractivity contribution >= 4 is 28.4 Å². The number of benzene rings is 3. The van der Waals surface area contributed by atoms with Gasteiger partial charge in [-0.3, -0.25) is 9.59 Å². The van der Waals surface area contributed by atoms with Gasteiger partial charge >= 0.3 is 0 Å². The first-order valence-corrected chi connectivity index (χ1v) is 10.2. The van der Waals surface area contributed by atoms with Gasteiger partial charge in [0, 0.05) is 11.3 Å². The highest BCUT2D eigenvalue weighted by atomic mass is 16.2. The van der Waals surface area contributed by atoms with Crippen LogP contribution in [0.1, 0.15) is 28.9 Å². The molecule has 0 bridgehead atoms. The number of carbonyl (C=O) groups is 2. The van der Waals surface area contributed by atoms with E-state index in [9.17, 15) is 9.59 Å². The maximum absolute atomic E-state index is 13.4. The SMILES string of the molecule is CC1=C(C(=O)NCC(=O)c2ccccc2)C(c2cccc3ccccc23)n2nnnc2N1. The van der Waals surface area contributed by atoms with Gasteiger partial charge in [-0.2, -0.15) is 4.68 Å². The molecule has 0 spiro atoms. The lowest BCUT2D eigenvalue weighted by Crippen LogP contribution is -2.37. The molecular formula is C24H20N6O2. The zero-order valence-corrected chi connectivity index (χ0v) is 17.3. The van der Waals surface area contributed by atoms with Crippen LogP contribution in [0.15, 0.2) is 84.1 Å². The van der Waals surface area contributed by atoms with Crippen LogP contribution in [0.4, 0.5) is 5.95 Å². The van der Waals surface area contributed by atoms with Gasteiger partial charge in [0.05, 0.1) is 12.1 Å². The predicted molar refractivity (Wildman–Crippen MR) is 120 cm³/mol. The van der Waals surface area contributed by atoms with E-state index in [4.69, 9.17) is 0 Å². The van der Waals surface area contributed by atoms with Crippen LogP contribution in [0.25, 0.3) is 10.8 Å². The third-order valence-corrected chi connectivity index (χ3v) is 5.58. The van der Waals surface area contributed by atoms with E-state index in [1.54, 1.807) is 28.9 Å². The number of nitrogens with zero attached hydrogens (tertiary/aromatic N) is 4. The number of tetrazole rings is 1. The van der Waals surface area contributed by atoms with Gasteiger partial charge in [0.25, 0.3) is 5.91 Å². The standard InChI is InChI=1S/C24H20N6O2/c1-15-21(23(32)25-14-20(31)17-9-3-2-4-10-17)22(30-24(26-15)27-28-29-30)19-13-7-11-16-8-5-6-12-18(16)19/h2-13,22H,14H2,1H3,(H,25,32)(H,26,27,29). The van der Waals surface area contributed by atoms with Crippen molar-refractivity contribution < 1.29 is 9.59 Å². The third kappa shape index (κ3) is 3.41. The fourth-order valence-corrected chi connectivity index (χ4v) is 4.06. The Morgan fingerprint density at radius 1 is 1.00 bits per heavy atom. The quantitative estimate of drug-likeness (QED) is 0.478. The summed E-state index contributed by atoms with van der Waals surface area (Å²) in [7, 11) is 0. The predicted octanol–water partition coefficient (Wildman–Crippen LogP) is 3.11. The molecule has 1 unspecified atom stereocenters. The van der Waals surface area contributed by atoms with Gasteiger partial charge in [-0.25, -0.2) is 0 Å². The van der Waals surface area contributed by atoms with Crippen molar-refractivity contribution in [3.63, 3.8) is 0 Å². The minimum absolute atomic E-state index is 0.107. The van der Waals surface area contributed by atoms with Gasteiger partial charge in [0.2, 0.25) is 5.95 Å². The second kappa shape index (κ2) is 8.07. The summed E-state index contributed by atoms with van der Waals surface area (Å²) in [4.78, 5) is 25.9. The molecule has 1 atom stereocenters. The first-order chi connectivity index (χ1) is 15.6. The lowest BCUT2D eigenvalue weighted by atomic mass is 9.91. The molecule has 3 aromatic carbocycles. The molecule has 0 saturated heterocycles. The first kappa shape index (κ1) is 19.6. The van der Waals surface area contributed by atoms with Crippen molar-refractivity contribution in [1.29, 1.82) is 0 Å². The number of anilines is 1. The molecule has 0 fully saturated rings. The molecule has 0 saturated carbocycles. The Labute approximate surface area is 183 Å². The van der Waals surface area contributed by atoms with E-state index in [2.05, 4.69) is 26.2 Å². The molecule has 1 amide bonds. The molecule has 0 aliphatic carbocycles. The Balaban J connectivity index is 1.52. The number of ketones is 1. The average molecular weight is 424 g/mol. The number of amides is 1. The lowest BCUT2D eigenvalue weighted by molar-refractivity contribution is -0.117. The van der Waals surface area contributed by atoms with Crippen LogP contribution in [-0.4, -0.2) is 38.4 Å². The number of aromatic nitrogens is 4. The largest absolute Gasteiger partial charge is 0.345 e. The fourth-order valence-electron chi connectivity index (χ4n) is 4.06. The smallest absolute Gasteiger partial charge is 0.251 e. The molecule has 1 aliphatic rings. The van der Waals surface area contributed by atoms with Crippen LogP contribution in [0.2, 0.25) is 0 Å². The van der Waals surface area contributed by atoms with Gasteiger partial charge < -0.3 is 10.6 Å². The maximum atomic E-state index is 13.4. The number of carbonyl (C=O) groups excluding carboxylic acids is 2. The number of Topliss-reactive ketones (excluding diaryl/α,β-unsaturated/α-hetero) is 1. The van der Waals surface area contributed by atoms with Gasteiger partial charge in [-0.05, 0) is 33.7 Å². The van der Waals surface area contributed by atoms with Crippen LogP contribution in [0, 0.1) is 0 Å². The van der Waals surface area contributed by atoms with Gasteiger partial charge in [-0.15, -0.1) is 0 Å². The Bertz CT molecular complexity index is 1350. The lowest BCUT2D eigenvalue weighted by Gasteiger charge is -2.28. The van der Waals surface area contributed by atoms with E-state index in [1.165, 1.54) is 0 Å². The summed E-state index contributed by atoms with van der Waals surface area (Å²) >= 11 is 0. The molecule has 158 valence electrons. The molecule has 4 aromatic rings. The van der Waals surface area contributed by atoms with E-state index in [0.717, 1.165) is 16.3 Å². The maximum Gasteiger partial charge on any atom is 0.251 e. The number of hydrogen-bond acceptors (Lipinski definition) is 6. The molecular weight excluding hydrogens is 404 g/mol. The normalized spacial score (nSPS) is 15.2. The van der Waals surface area contributed by atoms with E-state index in [0.29, 0.717) is 22.8 Å². The number of nitrogens with one attached hydrogen (secondary N) is 2. The summed E-state index contributed by atoms with van der Waals surface area (Å²) in [5.41, 5.74) is 2.54. The molecule has 1 aliphatic heterocycles. The highest BCUT2D eigenvalue weighted by molar-refractivity contribution is 6.03. The molecule has 32 heavy (non-hydrogen) atoms. The number of hydrogen-bond donors (Lipinski definition) is 2. The van der Waals surface area contributed by atoms with E-state index >= 15 is 0 Å². The summed E-state index contributed by atoms with van der Waals surface area (Å²) in [6, 6.07) is 22.3. The van der Waals surface area contributed by atoms with Gasteiger partial charge in [-0.1, -0.05) is 77.9 Å². The van der Waals surface area contributed by atoms with E-state index < -0.39 is 6.04 Å². The minimum Gasteiger partial charge on any atom is -0.345 e. The Kier molecular flexibility index (Phi) is 4.95. The molecule has 2 heterocycles. The summed E-state index contributed by atoms with van der Waals surface area (Å²) < 4.78 is 1.60. The summed E-state index contributed by atoms with van der Waals surface area (Å²) in [5, 5.41) is 19.9. The second-order valence-corrected chi connectivity index (χ2v) is 7.55. The zero-order chi connectivity index (χ0) is 22.1. The van der Waals surface area contributed by atoms with Gasteiger partial charge in [0.15, 0.2) is 5.78 Å². The van der Waals surface area contributed by atoms with Crippen molar-refractivity contribution in [3.8, 4) is 0 Å². The molecule has 8 heteroatoms. The number of fused-ring (bicyclic) bond motifs is 2. The van der Waals surface area contributed by atoms with Crippen molar-refractivity contribution in [3.05, 3.63) is 95.2 Å². The summed E-state index contributed by atoms with van der Waals surface area (Å²) in [5.74, 6) is -0.0542. The van der Waals surface area contributed by atoms with E-state index in [-0.39, 0.29) is 18.2 Å². The van der Waals surface area contributed by atoms with Crippen LogP contribution in [0.5, 0.6) is 0 Å². The third-order valence-electron chi connectivity index (χ3n) is 5.58. The van der Waals surface area contributed by atoms with E-state index in [1.807, 2.05) is 55.5 Å². The van der Waals surface area contributed by atoms with Crippen molar-refractivity contribution in [2.45, 2.75) is 13.0 Å². The molecule has 0 radical (unpaired) electrons. The van der Waals surface area contributed by atoms with Crippen LogP contribution < -0.4 is 10.6 Å². The summed E-state index contributed by atoms with van der Waals surface area (Å²) in [6.07, 6.45) is 0. The highest BCUT2D eigenvalue weighted by Gasteiger charge is 2.34. The minimum atomic E-state index is -0.542. The van der Waals surface area contributed by atoms with Crippen molar-refractivity contribution in [1.82, 2.24) is 25.5 Å². The molecule has 8 nitrogen and oxygen atoms in total. The zero-order valence-electron chi connectivity index (χ0n) is 17.3. The average Bonchev–Trinajstić information content (AvgIpc) is 3.29. The monoisotopic (exact) mass is 424 g/mol. The first-order valence-electron chi connectivity index (χ1n) is 10.2. The number of rotatable bonds is 5. The Hall–Kier alpha value is -4.33. The highest BCUT2D eigenvalue weighted by Crippen LogP contribution is 2.37. The van der Waals surface area contributed by atoms with Crippen LogP contribution in [0.3, 0.4) is 0 Å². The second-order valence-electron chi connectivity index (χ2n) is 7.55. The summed E-state index contributed by atoms with van der Waals surface area (Å²) in [6.45, 7) is 1.70. The number of allylic oxidation sites excluding steroid dienone is 1. The molecule has 1 aromatic heterocycles. The van der Waals surface area contributed by atoms with Gasteiger partial charge in [0.1, 0.15) is 6.04 Å². The molecule has 2 N–H and O–H groups in total.